The van der Waals surface area contributed by atoms with Crippen LogP contribution in [0.25, 0.3) is 0 Å². The van der Waals surface area contributed by atoms with Gasteiger partial charge in [-0.2, -0.15) is 17.8 Å². The van der Waals surface area contributed by atoms with Gasteiger partial charge in [0.25, 0.3) is 0 Å². The number of pyridine rings is 1. The lowest BCUT2D eigenvalue weighted by Crippen LogP contribution is -2.31. The Labute approximate surface area is 261 Å². The maximum absolute atomic E-state index is 14.1. The summed E-state index contributed by atoms with van der Waals surface area (Å²) in [5, 5.41) is 6.75. The number of hydrogen-bond acceptors (Lipinski definition) is 8. The normalized spacial score (nSPS) is 12.0. The molecule has 1 aromatic carbocycles. The third kappa shape index (κ3) is 8.99. The van der Waals surface area contributed by atoms with E-state index in [2.05, 4.69) is 53.9 Å². The molecule has 0 radical (unpaired) electrons. The van der Waals surface area contributed by atoms with Gasteiger partial charge in [-0.1, -0.05) is 0 Å². The number of anilines is 1. The summed E-state index contributed by atoms with van der Waals surface area (Å²) in [6, 6.07) is 5.77. The number of benzene rings is 1. The van der Waals surface area contributed by atoms with Crippen molar-refractivity contribution >= 4 is 60.6 Å². The van der Waals surface area contributed by atoms with Crippen LogP contribution in [0.1, 0.15) is 44.1 Å². The molecule has 0 unspecified atom stereocenters. The molecule has 15 heteroatoms. The van der Waals surface area contributed by atoms with Gasteiger partial charge < -0.3 is 14.2 Å². The van der Waals surface area contributed by atoms with Gasteiger partial charge in [0.1, 0.15) is 23.8 Å². The molecule has 0 fully saturated rings. The molecular formula is C26H32BrFIN5O6S. The van der Waals surface area contributed by atoms with Gasteiger partial charge in [-0.3, -0.25) is 5.32 Å². The SMILES string of the molecule is Cc1nn(S(=O)(=O)N(C)C)c(CCCOc2ccc(F)cc2COc2cc(I)cnc2NC(=O)OC(C)(C)C)c1Br. The van der Waals surface area contributed by atoms with Crippen LogP contribution in [0.15, 0.2) is 34.9 Å². The van der Waals surface area contributed by atoms with E-state index in [9.17, 15) is 17.6 Å². The maximum Gasteiger partial charge on any atom is 0.413 e. The lowest BCUT2D eigenvalue weighted by atomic mass is 10.2. The number of ether oxygens (including phenoxy) is 3. The zero-order valence-corrected chi connectivity index (χ0v) is 28.1. The van der Waals surface area contributed by atoms with Gasteiger partial charge >= 0.3 is 16.3 Å². The fourth-order valence-corrected chi connectivity index (χ4v) is 5.47. The Balaban J connectivity index is 1.70. The lowest BCUT2D eigenvalue weighted by molar-refractivity contribution is 0.0634. The number of hydrogen-bond donors (Lipinski definition) is 1. The fraction of sp³-hybridized carbons (Fsp3) is 0.423. The molecule has 0 saturated carbocycles. The Morgan fingerprint density at radius 2 is 1.90 bits per heavy atom. The molecule has 41 heavy (non-hydrogen) atoms. The van der Waals surface area contributed by atoms with E-state index in [1.165, 1.54) is 32.3 Å². The molecule has 0 bridgehead atoms. The number of halogens is 3. The first kappa shape index (κ1) is 33.0. The van der Waals surface area contributed by atoms with Crippen LogP contribution in [0.2, 0.25) is 0 Å². The van der Waals surface area contributed by atoms with Crippen molar-refractivity contribution in [1.82, 2.24) is 18.5 Å². The molecule has 2 heterocycles. The van der Waals surface area contributed by atoms with Gasteiger partial charge in [-0.15, -0.1) is 4.09 Å². The quantitative estimate of drug-likeness (QED) is 0.195. The first-order valence-corrected chi connectivity index (χ1v) is 15.7. The smallest absolute Gasteiger partial charge is 0.413 e. The summed E-state index contributed by atoms with van der Waals surface area (Å²) in [5.41, 5.74) is 0.787. The highest BCUT2D eigenvalue weighted by molar-refractivity contribution is 14.1. The Kier molecular flexibility index (Phi) is 11.0. The molecule has 0 aliphatic heterocycles. The molecule has 3 rings (SSSR count). The molecular weight excluding hydrogens is 736 g/mol. The zero-order valence-electron chi connectivity index (χ0n) is 23.5. The highest BCUT2D eigenvalue weighted by Gasteiger charge is 2.25. The summed E-state index contributed by atoms with van der Waals surface area (Å²) in [6.45, 7) is 7.10. The van der Waals surface area contributed by atoms with Gasteiger partial charge in [-0.25, -0.2) is 14.2 Å². The Bertz CT molecular complexity index is 1510. The zero-order chi connectivity index (χ0) is 30.5. The summed E-state index contributed by atoms with van der Waals surface area (Å²) in [4.78, 5) is 16.5. The Morgan fingerprint density at radius 1 is 1.20 bits per heavy atom. The van der Waals surface area contributed by atoms with E-state index in [4.69, 9.17) is 14.2 Å². The van der Waals surface area contributed by atoms with Crippen molar-refractivity contribution in [3.05, 3.63) is 61.3 Å². The van der Waals surface area contributed by atoms with Crippen LogP contribution in [0.3, 0.4) is 0 Å². The second-order valence-electron chi connectivity index (χ2n) is 10.1. The molecule has 1 amide bonds. The van der Waals surface area contributed by atoms with E-state index in [-0.39, 0.29) is 24.8 Å². The van der Waals surface area contributed by atoms with E-state index in [0.29, 0.717) is 40.0 Å². The monoisotopic (exact) mass is 767 g/mol. The summed E-state index contributed by atoms with van der Waals surface area (Å²) in [5.74, 6) is 0.356. The van der Waals surface area contributed by atoms with Crippen LogP contribution in [-0.4, -0.2) is 59.3 Å². The van der Waals surface area contributed by atoms with Crippen molar-refractivity contribution in [1.29, 1.82) is 0 Å². The number of aromatic nitrogens is 3. The highest BCUT2D eigenvalue weighted by atomic mass is 127. The van der Waals surface area contributed by atoms with Crippen LogP contribution in [-0.2, 0) is 28.0 Å². The molecule has 1 N–H and O–H groups in total. The highest BCUT2D eigenvalue weighted by Crippen LogP contribution is 2.29. The molecule has 0 aliphatic rings. The van der Waals surface area contributed by atoms with Gasteiger partial charge in [0.15, 0.2) is 11.6 Å². The first-order valence-electron chi connectivity index (χ1n) is 12.4. The molecule has 2 aromatic heterocycles. The van der Waals surface area contributed by atoms with Gasteiger partial charge in [-0.05, 0) is 103 Å². The van der Waals surface area contributed by atoms with E-state index in [0.717, 1.165) is 12.0 Å². The number of aryl methyl sites for hydroxylation is 1. The van der Waals surface area contributed by atoms with Crippen LogP contribution in [0, 0.1) is 16.3 Å². The summed E-state index contributed by atoms with van der Waals surface area (Å²) >= 11 is 5.50. The third-order valence-corrected chi connectivity index (χ3v) is 8.67. The van der Waals surface area contributed by atoms with Gasteiger partial charge in [0.2, 0.25) is 0 Å². The van der Waals surface area contributed by atoms with Crippen LogP contribution in [0.4, 0.5) is 15.0 Å². The third-order valence-electron chi connectivity index (χ3n) is 5.38. The van der Waals surface area contributed by atoms with Crippen molar-refractivity contribution in [3.63, 3.8) is 0 Å². The topological polar surface area (TPSA) is 125 Å². The van der Waals surface area contributed by atoms with Crippen LogP contribution >= 0.6 is 38.5 Å². The number of amides is 1. The minimum atomic E-state index is -3.80. The summed E-state index contributed by atoms with van der Waals surface area (Å²) < 4.78 is 60.2. The van der Waals surface area contributed by atoms with E-state index < -0.39 is 27.7 Å². The van der Waals surface area contributed by atoms with Gasteiger partial charge in [0, 0.05) is 29.4 Å². The molecule has 0 spiro atoms. The minimum Gasteiger partial charge on any atom is -0.493 e. The predicted molar refractivity (Wildman–Crippen MR) is 164 cm³/mol. The van der Waals surface area contributed by atoms with Crippen molar-refractivity contribution in [2.75, 3.05) is 26.0 Å². The van der Waals surface area contributed by atoms with E-state index in [1.54, 1.807) is 40.0 Å². The fourth-order valence-electron chi connectivity index (χ4n) is 3.49. The van der Waals surface area contributed by atoms with Crippen molar-refractivity contribution < 1.29 is 31.8 Å². The first-order chi connectivity index (χ1) is 19.1. The summed E-state index contributed by atoms with van der Waals surface area (Å²) in [6.07, 6.45) is 1.68. The van der Waals surface area contributed by atoms with Crippen molar-refractivity contribution in [2.45, 2.75) is 52.7 Å². The van der Waals surface area contributed by atoms with E-state index >= 15 is 0 Å². The standard InChI is InChI=1S/C26H32BrFIN5O6S/c1-16-23(27)20(34(32-16)41(36,37)33(5)6)8-7-11-38-21-10-9-18(28)12-17(21)15-39-22-13-19(29)14-30-24(22)31-25(35)40-26(2,3)4/h9-10,12-14H,7-8,11,15H2,1-6H3,(H,30,31,35). The molecule has 0 atom stereocenters. The lowest BCUT2D eigenvalue weighted by Gasteiger charge is -2.20. The molecule has 11 nitrogen and oxygen atoms in total. The minimum absolute atomic E-state index is 0.0730. The Morgan fingerprint density at radius 3 is 2.56 bits per heavy atom. The van der Waals surface area contributed by atoms with Gasteiger partial charge in [0.05, 0.1) is 22.5 Å². The molecule has 0 saturated heterocycles. The molecule has 3 aromatic rings. The van der Waals surface area contributed by atoms with Crippen molar-refractivity contribution in [2.24, 2.45) is 0 Å². The number of rotatable bonds is 11. The van der Waals surface area contributed by atoms with E-state index in [1.807, 2.05) is 0 Å². The number of nitrogens with one attached hydrogen (secondary N) is 1. The second kappa shape index (κ2) is 13.6. The molecule has 224 valence electrons. The van der Waals surface area contributed by atoms with Crippen LogP contribution < -0.4 is 14.8 Å². The summed E-state index contributed by atoms with van der Waals surface area (Å²) in [7, 11) is -0.920. The maximum atomic E-state index is 14.1. The second-order valence-corrected chi connectivity index (χ2v) is 14.1. The number of carbonyl (C=O) groups excluding carboxylic acids is 1. The average molecular weight is 768 g/mol. The average Bonchev–Trinajstić information content (AvgIpc) is 3.15. The number of carbonyl (C=O) groups is 1. The predicted octanol–water partition coefficient (Wildman–Crippen LogP) is 5.68. The van der Waals surface area contributed by atoms with Crippen LogP contribution in [0.5, 0.6) is 11.5 Å². The largest absolute Gasteiger partial charge is 0.493 e. The number of nitrogens with zero attached hydrogens (tertiary/aromatic N) is 4. The van der Waals surface area contributed by atoms with Crippen molar-refractivity contribution in [3.8, 4) is 11.5 Å². The molecule has 0 aliphatic carbocycles. The Hall–Kier alpha value is -2.50.